The van der Waals surface area contributed by atoms with Crippen molar-refractivity contribution in [1.82, 2.24) is 13.1 Å². The van der Waals surface area contributed by atoms with E-state index in [0.29, 0.717) is 22.5 Å². The Labute approximate surface area is 199 Å². The minimum atomic E-state index is -3.99. The van der Waals surface area contributed by atoms with Crippen LogP contribution in [0.25, 0.3) is 11.0 Å². The summed E-state index contributed by atoms with van der Waals surface area (Å²) < 4.78 is 41.8. The van der Waals surface area contributed by atoms with E-state index >= 15 is 0 Å². The number of nitrogens with zero attached hydrogens (tertiary/aromatic N) is 4. The van der Waals surface area contributed by atoms with Gasteiger partial charge in [-0.05, 0) is 36.4 Å². The Morgan fingerprint density at radius 2 is 1.94 bits per heavy atom. The lowest BCUT2D eigenvalue weighted by Crippen LogP contribution is -2.34. The van der Waals surface area contributed by atoms with Crippen LogP contribution in [-0.4, -0.2) is 39.9 Å². The summed E-state index contributed by atoms with van der Waals surface area (Å²) in [6, 6.07) is 16.8. The van der Waals surface area contributed by atoms with E-state index in [0.717, 1.165) is 11.7 Å². The second-order valence-corrected chi connectivity index (χ2v) is 9.44. The third kappa shape index (κ3) is 5.57. The molecule has 0 unspecified atom stereocenters. The number of amides is 1. The second-order valence-electron chi connectivity index (χ2n) is 7.01. The summed E-state index contributed by atoms with van der Waals surface area (Å²) >= 11 is 0.933. The molecule has 0 aliphatic rings. The van der Waals surface area contributed by atoms with E-state index in [1.54, 1.807) is 54.6 Å². The van der Waals surface area contributed by atoms with E-state index in [1.165, 1.54) is 16.6 Å². The molecule has 4 aromatic rings. The number of aromatic nitrogens is 2. The number of amidine groups is 1. The highest BCUT2D eigenvalue weighted by atomic mass is 32.2. The van der Waals surface area contributed by atoms with Crippen molar-refractivity contribution in [3.8, 4) is 0 Å². The molecule has 0 fully saturated rings. The van der Waals surface area contributed by atoms with Gasteiger partial charge in [-0.2, -0.15) is 13.1 Å². The molecule has 11 nitrogen and oxygen atoms in total. The average Bonchev–Trinajstić information content (AvgIpc) is 3.52. The molecule has 176 valence electrons. The Kier molecular flexibility index (Phi) is 7.15. The molecule has 0 saturated heterocycles. The molecule has 0 aliphatic heterocycles. The van der Waals surface area contributed by atoms with Gasteiger partial charge in [0, 0.05) is 18.7 Å². The molecule has 0 aliphatic carbocycles. The van der Waals surface area contributed by atoms with Gasteiger partial charge < -0.3 is 10.2 Å². The van der Waals surface area contributed by atoms with Gasteiger partial charge in [-0.3, -0.25) is 10.2 Å². The number of carbonyl (C=O) groups is 1. The maximum atomic E-state index is 13.5. The molecule has 1 amide bonds. The first kappa shape index (κ1) is 23.4. The normalized spacial score (nSPS) is 12.2. The van der Waals surface area contributed by atoms with E-state index in [1.807, 2.05) is 0 Å². The Morgan fingerprint density at radius 3 is 2.71 bits per heavy atom. The van der Waals surface area contributed by atoms with Crippen LogP contribution in [0, 0.1) is 0 Å². The zero-order valence-corrected chi connectivity index (χ0v) is 19.3. The van der Waals surface area contributed by atoms with Gasteiger partial charge >= 0.3 is 6.09 Å². The van der Waals surface area contributed by atoms with Crippen LogP contribution in [0.3, 0.4) is 0 Å². The number of furan rings is 1. The first-order valence-electron chi connectivity index (χ1n) is 10.0. The number of benzene rings is 2. The molecule has 3 N–H and O–H groups in total. The van der Waals surface area contributed by atoms with Crippen LogP contribution in [0.15, 0.2) is 81.4 Å². The fourth-order valence-electron chi connectivity index (χ4n) is 3.04. The monoisotopic (exact) mass is 500 g/mol. The van der Waals surface area contributed by atoms with Crippen molar-refractivity contribution in [3.63, 3.8) is 0 Å². The standard InChI is InChI=1S/C21H20N6O5S2/c22-19(24-32-21(28)23-15-6-2-1-3-7-15)11-12-27(14-16-8-5-13-31-16)34(29,30)18-10-4-9-17-20(18)26-33-25-17/h1-10,13H,11-12,14H2,(H2,22,24)(H,23,28). The number of rotatable bonds is 9. The highest BCUT2D eigenvalue weighted by molar-refractivity contribution is 7.89. The molecule has 0 radical (unpaired) electrons. The molecule has 34 heavy (non-hydrogen) atoms. The van der Waals surface area contributed by atoms with Gasteiger partial charge in [0.2, 0.25) is 10.0 Å². The van der Waals surface area contributed by atoms with Crippen LogP contribution in [0.4, 0.5) is 10.5 Å². The second kappa shape index (κ2) is 10.4. The zero-order chi connectivity index (χ0) is 24.0. The molecule has 0 saturated carbocycles. The number of hydrogen-bond acceptors (Lipinski definition) is 9. The minimum absolute atomic E-state index is 0.00382. The predicted octanol–water partition coefficient (Wildman–Crippen LogP) is 3.39. The molecule has 2 heterocycles. The highest BCUT2D eigenvalue weighted by Crippen LogP contribution is 2.26. The third-order valence-corrected chi connectivity index (χ3v) is 7.08. The predicted molar refractivity (Wildman–Crippen MR) is 127 cm³/mol. The van der Waals surface area contributed by atoms with Crippen molar-refractivity contribution in [2.75, 3.05) is 11.9 Å². The minimum Gasteiger partial charge on any atom is -0.468 e. The van der Waals surface area contributed by atoms with Crippen LogP contribution in [0.5, 0.6) is 0 Å². The largest absolute Gasteiger partial charge is 0.468 e. The Hall–Kier alpha value is -3.81. The number of para-hydroxylation sites is 1. The topological polar surface area (TPSA) is 153 Å². The van der Waals surface area contributed by atoms with Gasteiger partial charge in [0.1, 0.15) is 27.5 Å². The maximum absolute atomic E-state index is 13.5. The van der Waals surface area contributed by atoms with Crippen LogP contribution in [0.1, 0.15) is 12.2 Å². The molecule has 13 heteroatoms. The number of nitrogens with one attached hydrogen (secondary N) is 1. The zero-order valence-electron chi connectivity index (χ0n) is 17.7. The van der Waals surface area contributed by atoms with Crippen LogP contribution >= 0.6 is 11.7 Å². The number of fused-ring (bicyclic) bond motifs is 1. The first-order valence-corrected chi connectivity index (χ1v) is 12.2. The lowest BCUT2D eigenvalue weighted by atomic mass is 10.3. The molecular formula is C21H20N6O5S2. The van der Waals surface area contributed by atoms with Crippen LogP contribution in [0.2, 0.25) is 0 Å². The van der Waals surface area contributed by atoms with Crippen molar-refractivity contribution < 1.29 is 22.5 Å². The van der Waals surface area contributed by atoms with Crippen molar-refractivity contribution in [2.45, 2.75) is 17.9 Å². The van der Waals surface area contributed by atoms with Crippen LogP contribution < -0.4 is 11.1 Å². The van der Waals surface area contributed by atoms with Gasteiger partial charge in [-0.1, -0.05) is 29.4 Å². The first-order chi connectivity index (χ1) is 16.4. The van der Waals surface area contributed by atoms with Crippen molar-refractivity contribution >= 4 is 50.4 Å². The third-order valence-electron chi connectivity index (χ3n) is 4.66. The van der Waals surface area contributed by atoms with Crippen LogP contribution in [-0.2, 0) is 21.4 Å². The number of nitrogens with two attached hydrogens (primary N) is 1. The van der Waals surface area contributed by atoms with Gasteiger partial charge in [0.15, 0.2) is 0 Å². The summed E-state index contributed by atoms with van der Waals surface area (Å²) in [4.78, 5) is 16.7. The average molecular weight is 501 g/mol. The summed E-state index contributed by atoms with van der Waals surface area (Å²) in [5.74, 6) is 0.387. The van der Waals surface area contributed by atoms with Crippen molar-refractivity contribution in [1.29, 1.82) is 0 Å². The summed E-state index contributed by atoms with van der Waals surface area (Å²) in [5, 5.41) is 6.10. The van der Waals surface area contributed by atoms with E-state index in [-0.39, 0.29) is 30.2 Å². The number of oxime groups is 1. The highest BCUT2D eigenvalue weighted by Gasteiger charge is 2.28. The fourth-order valence-corrected chi connectivity index (χ4v) is 5.20. The van der Waals surface area contributed by atoms with Crippen molar-refractivity contribution in [2.24, 2.45) is 10.9 Å². The number of carbonyl (C=O) groups excluding carboxylic acids is 1. The molecule has 4 rings (SSSR count). The number of hydrogen-bond donors (Lipinski definition) is 2. The van der Waals surface area contributed by atoms with Crippen molar-refractivity contribution in [3.05, 3.63) is 72.7 Å². The summed E-state index contributed by atoms with van der Waals surface area (Å²) in [7, 11) is -3.99. The smallest absolute Gasteiger partial charge is 0.437 e. The fraction of sp³-hybridized carbons (Fsp3) is 0.143. The molecule has 2 aromatic carbocycles. The molecular weight excluding hydrogens is 480 g/mol. The van der Waals surface area contributed by atoms with E-state index in [4.69, 9.17) is 15.0 Å². The molecule has 0 bridgehead atoms. The Bertz CT molecular complexity index is 1390. The summed E-state index contributed by atoms with van der Waals surface area (Å²) in [5.41, 5.74) is 7.18. The lowest BCUT2D eigenvalue weighted by Gasteiger charge is -2.21. The number of sulfonamides is 1. The van der Waals surface area contributed by atoms with E-state index in [9.17, 15) is 13.2 Å². The maximum Gasteiger partial charge on any atom is 0.437 e. The van der Waals surface area contributed by atoms with Gasteiger partial charge in [-0.15, -0.1) is 0 Å². The molecule has 0 atom stereocenters. The Morgan fingerprint density at radius 1 is 1.12 bits per heavy atom. The summed E-state index contributed by atoms with van der Waals surface area (Å²) in [6.07, 6.45) is 0.640. The summed E-state index contributed by atoms with van der Waals surface area (Å²) in [6.45, 7) is -0.0814. The van der Waals surface area contributed by atoms with Gasteiger partial charge in [-0.25, -0.2) is 13.2 Å². The van der Waals surface area contributed by atoms with Gasteiger partial charge in [0.05, 0.1) is 24.5 Å². The van der Waals surface area contributed by atoms with E-state index in [2.05, 4.69) is 19.2 Å². The lowest BCUT2D eigenvalue weighted by molar-refractivity contribution is 0.166. The Balaban J connectivity index is 1.47. The molecule has 0 spiro atoms. The quantitative estimate of drug-likeness (QED) is 0.153. The number of anilines is 1. The van der Waals surface area contributed by atoms with E-state index < -0.39 is 16.1 Å². The molecule has 2 aromatic heterocycles. The van der Waals surface area contributed by atoms with Gasteiger partial charge in [0.25, 0.3) is 0 Å². The SMILES string of the molecule is N/C(CCN(Cc1ccco1)S(=O)(=O)c1cccc2nsnc12)=N/OC(=O)Nc1ccccc1.